The lowest BCUT2D eigenvalue weighted by molar-refractivity contribution is 0.816. The number of hydrogen-bond acceptors (Lipinski definition) is 3. The fourth-order valence-electron chi connectivity index (χ4n) is 1.67. The number of aromatic amines is 1. The Labute approximate surface area is 114 Å². The summed E-state index contributed by atoms with van der Waals surface area (Å²) in [4.78, 5) is 7.23. The summed E-state index contributed by atoms with van der Waals surface area (Å²) in [7, 11) is 0. The van der Waals surface area contributed by atoms with Gasteiger partial charge in [-0.15, -0.1) is 0 Å². The second kappa shape index (κ2) is 6.22. The Morgan fingerprint density at radius 2 is 2.33 bits per heavy atom. The van der Waals surface area contributed by atoms with Crippen molar-refractivity contribution < 1.29 is 0 Å². The van der Waals surface area contributed by atoms with Crippen LogP contribution in [-0.4, -0.2) is 16.5 Å². The lowest BCUT2D eigenvalue weighted by atomic mass is 10.2. The normalized spacial score (nSPS) is 10.0. The molecule has 4 nitrogen and oxygen atoms in total. The van der Waals surface area contributed by atoms with Gasteiger partial charge in [-0.1, -0.05) is 15.9 Å². The van der Waals surface area contributed by atoms with Crippen LogP contribution in [-0.2, 0) is 6.42 Å². The van der Waals surface area contributed by atoms with Gasteiger partial charge in [-0.2, -0.15) is 5.26 Å². The van der Waals surface area contributed by atoms with Crippen LogP contribution in [0.3, 0.4) is 0 Å². The minimum absolute atomic E-state index is 0.663. The molecule has 92 valence electrons. The summed E-state index contributed by atoms with van der Waals surface area (Å²) < 4.78 is 0.968. The maximum Gasteiger partial charge on any atom is 0.106 e. The van der Waals surface area contributed by atoms with Crippen LogP contribution in [0.4, 0.5) is 5.69 Å². The highest BCUT2D eigenvalue weighted by Gasteiger charge is 2.02. The second-order valence-corrected chi connectivity index (χ2v) is 4.78. The number of nitriles is 1. The first-order chi connectivity index (χ1) is 8.79. The lowest BCUT2D eigenvalue weighted by Crippen LogP contribution is -2.05. The van der Waals surface area contributed by atoms with Crippen molar-refractivity contribution in [3.8, 4) is 6.07 Å². The Bertz CT molecular complexity index is 543. The standard InChI is InChI=1S/C13H13BrN4/c14-11-4-3-10(9-15)12(8-11)16-5-1-2-13-17-6-7-18-13/h3-4,6-8,16H,1-2,5H2,(H,17,18). The van der Waals surface area contributed by atoms with Crippen LogP contribution in [0.25, 0.3) is 0 Å². The summed E-state index contributed by atoms with van der Waals surface area (Å²) in [6, 6.07) is 7.77. The van der Waals surface area contributed by atoms with Gasteiger partial charge in [0, 0.05) is 29.8 Å². The predicted molar refractivity (Wildman–Crippen MR) is 74.3 cm³/mol. The zero-order valence-corrected chi connectivity index (χ0v) is 11.4. The Morgan fingerprint density at radius 3 is 3.06 bits per heavy atom. The van der Waals surface area contributed by atoms with Crippen LogP contribution in [0.5, 0.6) is 0 Å². The van der Waals surface area contributed by atoms with Gasteiger partial charge in [0.1, 0.15) is 11.9 Å². The largest absolute Gasteiger partial charge is 0.384 e. The van der Waals surface area contributed by atoms with Gasteiger partial charge in [0.15, 0.2) is 0 Å². The van der Waals surface area contributed by atoms with Crippen molar-refractivity contribution in [3.63, 3.8) is 0 Å². The summed E-state index contributed by atoms with van der Waals surface area (Å²) in [5.41, 5.74) is 1.53. The average Bonchev–Trinajstić information content (AvgIpc) is 2.88. The third-order valence-electron chi connectivity index (χ3n) is 2.56. The van der Waals surface area contributed by atoms with Gasteiger partial charge < -0.3 is 10.3 Å². The van der Waals surface area contributed by atoms with Crippen LogP contribution in [0.15, 0.2) is 35.1 Å². The fourth-order valence-corrected chi connectivity index (χ4v) is 2.03. The minimum atomic E-state index is 0.663. The Balaban J connectivity index is 1.86. The molecule has 2 rings (SSSR count). The first-order valence-electron chi connectivity index (χ1n) is 5.71. The molecule has 0 aliphatic heterocycles. The van der Waals surface area contributed by atoms with E-state index in [1.165, 1.54) is 0 Å². The average molecular weight is 305 g/mol. The molecule has 1 aromatic carbocycles. The van der Waals surface area contributed by atoms with E-state index in [0.29, 0.717) is 5.56 Å². The number of nitrogens with one attached hydrogen (secondary N) is 2. The van der Waals surface area contributed by atoms with Crippen molar-refractivity contribution >= 4 is 21.6 Å². The lowest BCUT2D eigenvalue weighted by Gasteiger charge is -2.08. The molecular formula is C13H13BrN4. The minimum Gasteiger partial charge on any atom is -0.384 e. The maximum absolute atomic E-state index is 9.00. The van der Waals surface area contributed by atoms with Gasteiger partial charge in [0.05, 0.1) is 11.3 Å². The van der Waals surface area contributed by atoms with E-state index in [0.717, 1.165) is 35.4 Å². The Hall–Kier alpha value is -1.80. The van der Waals surface area contributed by atoms with Gasteiger partial charge >= 0.3 is 0 Å². The van der Waals surface area contributed by atoms with Crippen molar-refractivity contribution in [1.29, 1.82) is 5.26 Å². The molecule has 0 unspecified atom stereocenters. The molecule has 0 radical (unpaired) electrons. The van der Waals surface area contributed by atoms with Gasteiger partial charge in [-0.05, 0) is 24.6 Å². The first kappa shape index (κ1) is 12.7. The van der Waals surface area contributed by atoms with Gasteiger partial charge in [-0.25, -0.2) is 4.98 Å². The van der Waals surface area contributed by atoms with Crippen LogP contribution < -0.4 is 5.32 Å². The van der Waals surface area contributed by atoms with Crippen molar-refractivity contribution in [3.05, 3.63) is 46.5 Å². The number of aromatic nitrogens is 2. The molecule has 0 bridgehead atoms. The monoisotopic (exact) mass is 304 g/mol. The van der Waals surface area contributed by atoms with Crippen molar-refractivity contribution in [2.75, 3.05) is 11.9 Å². The Morgan fingerprint density at radius 1 is 1.44 bits per heavy atom. The molecule has 1 heterocycles. The summed E-state index contributed by atoms with van der Waals surface area (Å²) >= 11 is 3.40. The third-order valence-corrected chi connectivity index (χ3v) is 3.06. The van der Waals surface area contributed by atoms with E-state index in [1.54, 1.807) is 12.3 Å². The second-order valence-electron chi connectivity index (χ2n) is 3.87. The topological polar surface area (TPSA) is 64.5 Å². The molecule has 18 heavy (non-hydrogen) atoms. The molecular weight excluding hydrogens is 292 g/mol. The number of aryl methyl sites for hydroxylation is 1. The SMILES string of the molecule is N#Cc1ccc(Br)cc1NCCCc1ncc[nH]1. The summed E-state index contributed by atoms with van der Waals surface area (Å²) in [5.74, 6) is 0.992. The fraction of sp³-hybridized carbons (Fsp3) is 0.231. The van der Waals surface area contributed by atoms with Gasteiger partial charge in [-0.3, -0.25) is 0 Å². The number of hydrogen-bond donors (Lipinski definition) is 2. The van der Waals surface area contributed by atoms with E-state index >= 15 is 0 Å². The van der Waals surface area contributed by atoms with Crippen molar-refractivity contribution in [2.45, 2.75) is 12.8 Å². The van der Waals surface area contributed by atoms with Gasteiger partial charge in [0.25, 0.3) is 0 Å². The zero-order valence-electron chi connectivity index (χ0n) is 9.78. The molecule has 0 spiro atoms. The number of rotatable bonds is 5. The third kappa shape index (κ3) is 3.34. The molecule has 0 aliphatic rings. The zero-order chi connectivity index (χ0) is 12.8. The molecule has 0 amide bonds. The summed E-state index contributed by atoms with van der Waals surface area (Å²) in [6.07, 6.45) is 5.44. The van der Waals surface area contributed by atoms with Crippen LogP contribution in [0, 0.1) is 11.3 Å². The van der Waals surface area contributed by atoms with E-state index in [1.807, 2.05) is 18.3 Å². The van der Waals surface area contributed by atoms with E-state index in [-0.39, 0.29) is 0 Å². The predicted octanol–water partition coefficient (Wildman–Crippen LogP) is 3.09. The maximum atomic E-state index is 9.00. The Kier molecular flexibility index (Phi) is 4.37. The highest BCUT2D eigenvalue weighted by molar-refractivity contribution is 9.10. The number of halogens is 1. The van der Waals surface area contributed by atoms with Gasteiger partial charge in [0.2, 0.25) is 0 Å². The highest BCUT2D eigenvalue weighted by atomic mass is 79.9. The number of imidazole rings is 1. The molecule has 0 atom stereocenters. The molecule has 2 N–H and O–H groups in total. The summed E-state index contributed by atoms with van der Waals surface area (Å²) in [6.45, 7) is 0.811. The molecule has 0 saturated carbocycles. The quantitative estimate of drug-likeness (QED) is 0.834. The van der Waals surface area contributed by atoms with Crippen LogP contribution >= 0.6 is 15.9 Å². The van der Waals surface area contributed by atoms with E-state index in [4.69, 9.17) is 5.26 Å². The van der Waals surface area contributed by atoms with E-state index in [2.05, 4.69) is 37.3 Å². The molecule has 0 fully saturated rings. The first-order valence-corrected chi connectivity index (χ1v) is 6.50. The number of H-pyrrole nitrogens is 1. The number of anilines is 1. The molecule has 2 aromatic rings. The van der Waals surface area contributed by atoms with Crippen LogP contribution in [0.2, 0.25) is 0 Å². The van der Waals surface area contributed by atoms with E-state index < -0.39 is 0 Å². The van der Waals surface area contributed by atoms with Crippen molar-refractivity contribution in [2.24, 2.45) is 0 Å². The molecule has 1 aromatic heterocycles. The summed E-state index contributed by atoms with van der Waals surface area (Å²) in [5, 5.41) is 12.3. The molecule has 0 saturated heterocycles. The number of nitrogens with zero attached hydrogens (tertiary/aromatic N) is 2. The van der Waals surface area contributed by atoms with Crippen LogP contribution in [0.1, 0.15) is 17.8 Å². The highest BCUT2D eigenvalue weighted by Crippen LogP contribution is 2.20. The van der Waals surface area contributed by atoms with Crippen molar-refractivity contribution in [1.82, 2.24) is 9.97 Å². The molecule has 5 heteroatoms. The molecule has 0 aliphatic carbocycles. The van der Waals surface area contributed by atoms with E-state index in [9.17, 15) is 0 Å². The number of benzene rings is 1. The smallest absolute Gasteiger partial charge is 0.106 e.